The number of amides is 1. The van der Waals surface area contributed by atoms with Gasteiger partial charge in [-0.05, 0) is 25.1 Å². The van der Waals surface area contributed by atoms with Crippen LogP contribution < -0.4 is 9.47 Å². The fraction of sp³-hybridized carbons (Fsp3) is 0.429. The number of aliphatic carboxylic acids is 1. The van der Waals surface area contributed by atoms with Crippen LogP contribution in [-0.2, 0) is 4.79 Å². The molecule has 0 spiro atoms. The average Bonchev–Trinajstić information content (AvgIpc) is 2.96. The zero-order chi connectivity index (χ0) is 15.4. The Hall–Kier alpha value is -1.89. The summed E-state index contributed by atoms with van der Waals surface area (Å²) >= 11 is 1.43. The van der Waals surface area contributed by atoms with Crippen LogP contribution in [0.1, 0.15) is 17.3 Å². The SMILES string of the molecule is CCOc1cc(C(=O)N2CSC[C@H]2C(=O)O)ccc1OC. The molecule has 1 aliphatic rings. The van der Waals surface area contributed by atoms with E-state index in [4.69, 9.17) is 14.6 Å². The van der Waals surface area contributed by atoms with E-state index in [2.05, 4.69) is 0 Å². The third-order valence-corrected chi connectivity index (χ3v) is 4.15. The molecule has 1 aromatic rings. The number of thioether (sulfide) groups is 1. The number of methoxy groups -OCH3 is 1. The number of carboxylic acids is 1. The number of hydrogen-bond acceptors (Lipinski definition) is 5. The largest absolute Gasteiger partial charge is 0.493 e. The molecule has 114 valence electrons. The van der Waals surface area contributed by atoms with Crippen molar-refractivity contribution >= 4 is 23.6 Å². The molecule has 7 heteroatoms. The maximum atomic E-state index is 12.5. The van der Waals surface area contributed by atoms with Gasteiger partial charge >= 0.3 is 5.97 Å². The predicted octanol–water partition coefficient (Wildman–Crippen LogP) is 1.69. The molecule has 0 aliphatic carbocycles. The Bertz CT molecular complexity index is 548. The normalized spacial score (nSPS) is 17.6. The maximum absolute atomic E-state index is 12.5. The number of carbonyl (C=O) groups is 2. The van der Waals surface area contributed by atoms with Crippen LogP contribution in [0.5, 0.6) is 11.5 Å². The smallest absolute Gasteiger partial charge is 0.327 e. The molecule has 6 nitrogen and oxygen atoms in total. The van der Waals surface area contributed by atoms with Crippen molar-refractivity contribution in [2.45, 2.75) is 13.0 Å². The van der Waals surface area contributed by atoms with Crippen molar-refractivity contribution in [1.82, 2.24) is 4.90 Å². The van der Waals surface area contributed by atoms with E-state index in [1.54, 1.807) is 18.2 Å². The molecule has 1 atom stereocenters. The third-order valence-electron chi connectivity index (χ3n) is 3.14. The molecule has 1 N–H and O–H groups in total. The predicted molar refractivity (Wildman–Crippen MR) is 79.1 cm³/mol. The van der Waals surface area contributed by atoms with Gasteiger partial charge in [-0.1, -0.05) is 0 Å². The van der Waals surface area contributed by atoms with E-state index in [9.17, 15) is 9.59 Å². The summed E-state index contributed by atoms with van der Waals surface area (Å²) in [5.74, 6) is 0.521. The first-order valence-electron chi connectivity index (χ1n) is 6.50. The van der Waals surface area contributed by atoms with Crippen LogP contribution in [0.15, 0.2) is 18.2 Å². The molecule has 0 aromatic heterocycles. The highest BCUT2D eigenvalue weighted by Gasteiger charge is 2.35. The number of ether oxygens (including phenoxy) is 2. The Morgan fingerprint density at radius 2 is 2.19 bits per heavy atom. The fourth-order valence-electron chi connectivity index (χ4n) is 2.09. The van der Waals surface area contributed by atoms with Crippen molar-refractivity contribution < 1.29 is 24.2 Å². The molecule has 2 rings (SSSR count). The maximum Gasteiger partial charge on any atom is 0.327 e. The molecule has 1 amide bonds. The summed E-state index contributed by atoms with van der Waals surface area (Å²) in [6.07, 6.45) is 0. The lowest BCUT2D eigenvalue weighted by Gasteiger charge is -2.21. The standard InChI is InChI=1S/C14H17NO5S/c1-3-20-12-6-9(4-5-11(12)19-2)13(16)15-8-21-7-10(15)14(17)18/h4-6,10H,3,7-8H2,1-2H3,(H,17,18)/t10-/m0/s1. The summed E-state index contributed by atoms with van der Waals surface area (Å²) < 4.78 is 10.6. The molecular formula is C14H17NO5S. The lowest BCUT2D eigenvalue weighted by molar-refractivity contribution is -0.140. The second kappa shape index (κ2) is 6.71. The van der Waals surface area contributed by atoms with Crippen LogP contribution in [0, 0.1) is 0 Å². The van der Waals surface area contributed by atoms with Crippen molar-refractivity contribution in [3.63, 3.8) is 0 Å². The lowest BCUT2D eigenvalue weighted by Crippen LogP contribution is -2.41. The molecule has 1 fully saturated rings. The first kappa shape index (κ1) is 15.5. The van der Waals surface area contributed by atoms with Gasteiger partial charge in [-0.3, -0.25) is 4.79 Å². The quantitative estimate of drug-likeness (QED) is 0.892. The van der Waals surface area contributed by atoms with E-state index in [0.717, 1.165) is 0 Å². The van der Waals surface area contributed by atoms with Gasteiger partial charge < -0.3 is 19.5 Å². The molecule has 0 unspecified atom stereocenters. The summed E-state index contributed by atoms with van der Waals surface area (Å²) in [7, 11) is 1.52. The minimum Gasteiger partial charge on any atom is -0.493 e. The Morgan fingerprint density at radius 3 is 2.81 bits per heavy atom. The van der Waals surface area contributed by atoms with Gasteiger partial charge in [0.05, 0.1) is 19.6 Å². The molecule has 21 heavy (non-hydrogen) atoms. The third kappa shape index (κ3) is 3.24. The highest BCUT2D eigenvalue weighted by atomic mass is 32.2. The molecule has 1 aliphatic heterocycles. The van der Waals surface area contributed by atoms with Crippen LogP contribution >= 0.6 is 11.8 Å². The molecular weight excluding hydrogens is 294 g/mol. The van der Waals surface area contributed by atoms with Crippen LogP contribution in [-0.4, -0.2) is 53.3 Å². The van der Waals surface area contributed by atoms with Gasteiger partial charge in [0.15, 0.2) is 11.5 Å². The Labute approximate surface area is 127 Å². The van der Waals surface area contributed by atoms with Gasteiger partial charge in [-0.25, -0.2) is 4.79 Å². The first-order valence-corrected chi connectivity index (χ1v) is 7.66. The van der Waals surface area contributed by atoms with E-state index >= 15 is 0 Å². The highest BCUT2D eigenvalue weighted by Crippen LogP contribution is 2.30. The topological polar surface area (TPSA) is 76.1 Å². The first-order chi connectivity index (χ1) is 10.1. The Balaban J connectivity index is 2.26. The van der Waals surface area contributed by atoms with Gasteiger partial charge in [-0.2, -0.15) is 0 Å². The minimum atomic E-state index is -0.980. The number of hydrogen-bond donors (Lipinski definition) is 1. The van der Waals surface area contributed by atoms with Crippen LogP contribution in [0.2, 0.25) is 0 Å². The van der Waals surface area contributed by atoms with Gasteiger partial charge in [-0.15, -0.1) is 11.8 Å². The summed E-state index contributed by atoms with van der Waals surface area (Å²) in [5.41, 5.74) is 0.396. The second-order valence-electron chi connectivity index (χ2n) is 4.43. The molecule has 0 saturated carbocycles. The monoisotopic (exact) mass is 311 g/mol. The number of carboxylic acid groups (broad SMARTS) is 1. The number of carbonyl (C=O) groups excluding carboxylic acids is 1. The van der Waals surface area contributed by atoms with E-state index in [1.165, 1.54) is 23.8 Å². The second-order valence-corrected chi connectivity index (χ2v) is 5.43. The Morgan fingerprint density at radius 1 is 1.43 bits per heavy atom. The van der Waals surface area contributed by atoms with Crippen molar-refractivity contribution in [1.29, 1.82) is 0 Å². The number of nitrogens with zero attached hydrogens (tertiary/aromatic N) is 1. The molecule has 1 saturated heterocycles. The zero-order valence-electron chi connectivity index (χ0n) is 11.9. The van der Waals surface area contributed by atoms with Gasteiger partial charge in [0, 0.05) is 11.3 Å². The molecule has 0 radical (unpaired) electrons. The lowest BCUT2D eigenvalue weighted by atomic mass is 10.1. The Kier molecular flexibility index (Phi) is 4.95. The minimum absolute atomic E-state index is 0.309. The van der Waals surface area contributed by atoms with Crippen molar-refractivity contribution in [2.24, 2.45) is 0 Å². The number of benzene rings is 1. The summed E-state index contributed by atoms with van der Waals surface area (Å²) in [6.45, 7) is 2.29. The van der Waals surface area contributed by atoms with Gasteiger partial charge in [0.1, 0.15) is 6.04 Å². The molecule has 0 bridgehead atoms. The van der Waals surface area contributed by atoms with Crippen molar-refractivity contribution in [2.75, 3.05) is 25.3 Å². The number of rotatable bonds is 5. The zero-order valence-corrected chi connectivity index (χ0v) is 12.7. The van der Waals surface area contributed by atoms with E-state index in [1.807, 2.05) is 6.92 Å². The summed E-state index contributed by atoms with van der Waals surface area (Å²) in [6, 6.07) is 4.08. The van der Waals surface area contributed by atoms with Crippen molar-refractivity contribution in [3.05, 3.63) is 23.8 Å². The van der Waals surface area contributed by atoms with Crippen molar-refractivity contribution in [3.8, 4) is 11.5 Å². The fourth-order valence-corrected chi connectivity index (χ4v) is 3.24. The van der Waals surface area contributed by atoms with Crippen LogP contribution in [0.3, 0.4) is 0 Å². The van der Waals surface area contributed by atoms with Crippen LogP contribution in [0.25, 0.3) is 0 Å². The molecule has 1 heterocycles. The van der Waals surface area contributed by atoms with E-state index in [-0.39, 0.29) is 5.91 Å². The van der Waals surface area contributed by atoms with E-state index in [0.29, 0.717) is 35.3 Å². The molecule has 1 aromatic carbocycles. The van der Waals surface area contributed by atoms with Gasteiger partial charge in [0.25, 0.3) is 5.91 Å². The average molecular weight is 311 g/mol. The summed E-state index contributed by atoms with van der Waals surface area (Å²) in [4.78, 5) is 25.0. The van der Waals surface area contributed by atoms with E-state index < -0.39 is 12.0 Å². The van der Waals surface area contributed by atoms with Gasteiger partial charge in [0.2, 0.25) is 0 Å². The highest BCUT2D eigenvalue weighted by molar-refractivity contribution is 7.99. The van der Waals surface area contributed by atoms with Crippen LogP contribution in [0.4, 0.5) is 0 Å². The summed E-state index contributed by atoms with van der Waals surface area (Å²) in [5, 5.41) is 9.15.